The molecule has 8 heteroatoms. The van der Waals surface area contributed by atoms with Crippen LogP contribution in [-0.4, -0.2) is 49.7 Å². The number of carbonyl (C=O) groups is 1. The van der Waals surface area contributed by atoms with Crippen molar-refractivity contribution >= 4 is 27.3 Å². The Morgan fingerprint density at radius 1 is 1.04 bits per heavy atom. The second kappa shape index (κ2) is 7.02. The van der Waals surface area contributed by atoms with Gasteiger partial charge in [0, 0.05) is 26.2 Å². The highest BCUT2D eigenvalue weighted by atomic mass is 32.2. The van der Waals surface area contributed by atoms with E-state index in [2.05, 4.69) is 0 Å². The summed E-state index contributed by atoms with van der Waals surface area (Å²) in [6.07, 6.45) is 0. The molecule has 24 heavy (non-hydrogen) atoms. The standard InChI is InChI=1S/C16H19N3O3S2/c17-16(20)15(13-5-2-1-3-6-13)18-8-10-19(11-9-18)24(21,22)14-7-4-12-23-14/h1-7,12,15H,8-11H2,(H2,17,20). The van der Waals surface area contributed by atoms with Crippen molar-refractivity contribution in [3.8, 4) is 0 Å². The van der Waals surface area contributed by atoms with Crippen molar-refractivity contribution in [2.24, 2.45) is 5.73 Å². The largest absolute Gasteiger partial charge is 0.368 e. The number of piperazine rings is 1. The van der Waals surface area contributed by atoms with E-state index >= 15 is 0 Å². The highest BCUT2D eigenvalue weighted by molar-refractivity contribution is 7.91. The number of benzene rings is 1. The molecule has 1 saturated heterocycles. The number of nitrogens with two attached hydrogens (primary N) is 1. The third-order valence-electron chi connectivity index (χ3n) is 4.11. The van der Waals surface area contributed by atoms with Gasteiger partial charge in [-0.25, -0.2) is 8.42 Å². The van der Waals surface area contributed by atoms with Crippen molar-refractivity contribution in [1.82, 2.24) is 9.21 Å². The molecule has 1 unspecified atom stereocenters. The molecule has 1 aromatic carbocycles. The lowest BCUT2D eigenvalue weighted by Gasteiger charge is -2.37. The smallest absolute Gasteiger partial charge is 0.252 e. The molecule has 1 amide bonds. The molecular weight excluding hydrogens is 346 g/mol. The average molecular weight is 365 g/mol. The number of primary amides is 1. The maximum Gasteiger partial charge on any atom is 0.252 e. The van der Waals surface area contributed by atoms with Gasteiger partial charge < -0.3 is 5.73 Å². The molecule has 2 heterocycles. The number of hydrogen-bond acceptors (Lipinski definition) is 5. The van der Waals surface area contributed by atoms with Crippen LogP contribution in [0.25, 0.3) is 0 Å². The SMILES string of the molecule is NC(=O)C(c1ccccc1)N1CCN(S(=O)(=O)c2cccs2)CC1. The summed E-state index contributed by atoms with van der Waals surface area (Å²) in [6.45, 7) is 1.62. The van der Waals surface area contributed by atoms with Gasteiger partial charge in [-0.2, -0.15) is 4.31 Å². The number of thiophene rings is 1. The highest BCUT2D eigenvalue weighted by Gasteiger charge is 2.33. The first-order chi connectivity index (χ1) is 11.5. The molecular formula is C16H19N3O3S2. The van der Waals surface area contributed by atoms with Crippen LogP contribution in [-0.2, 0) is 14.8 Å². The maximum absolute atomic E-state index is 12.6. The van der Waals surface area contributed by atoms with E-state index in [1.54, 1.807) is 17.5 Å². The molecule has 1 fully saturated rings. The van der Waals surface area contributed by atoms with Crippen molar-refractivity contribution in [2.45, 2.75) is 10.3 Å². The summed E-state index contributed by atoms with van der Waals surface area (Å²) < 4.78 is 26.9. The third-order valence-corrected chi connectivity index (χ3v) is 7.38. The van der Waals surface area contributed by atoms with E-state index in [1.165, 1.54) is 15.6 Å². The van der Waals surface area contributed by atoms with Crippen LogP contribution in [0, 0.1) is 0 Å². The minimum Gasteiger partial charge on any atom is -0.368 e. The van der Waals surface area contributed by atoms with Gasteiger partial charge in [-0.1, -0.05) is 36.4 Å². The Morgan fingerprint density at radius 2 is 1.71 bits per heavy atom. The van der Waals surface area contributed by atoms with E-state index < -0.39 is 22.0 Å². The van der Waals surface area contributed by atoms with Crippen molar-refractivity contribution in [2.75, 3.05) is 26.2 Å². The minimum atomic E-state index is -3.44. The van der Waals surface area contributed by atoms with Gasteiger partial charge in [0.25, 0.3) is 10.0 Å². The lowest BCUT2D eigenvalue weighted by Crippen LogP contribution is -2.51. The van der Waals surface area contributed by atoms with Crippen LogP contribution in [0.15, 0.2) is 52.1 Å². The van der Waals surface area contributed by atoms with Crippen molar-refractivity contribution in [3.63, 3.8) is 0 Å². The van der Waals surface area contributed by atoms with Gasteiger partial charge in [0.15, 0.2) is 0 Å². The number of sulfonamides is 1. The first-order valence-electron chi connectivity index (χ1n) is 7.62. The lowest BCUT2D eigenvalue weighted by atomic mass is 10.0. The van der Waals surface area contributed by atoms with Crippen LogP contribution >= 0.6 is 11.3 Å². The van der Waals surface area contributed by atoms with Crippen LogP contribution < -0.4 is 5.73 Å². The Hall–Kier alpha value is -1.74. The monoisotopic (exact) mass is 365 g/mol. The second-order valence-corrected chi connectivity index (χ2v) is 8.70. The molecule has 1 aromatic heterocycles. The number of nitrogens with zero attached hydrogens (tertiary/aromatic N) is 2. The van der Waals surface area contributed by atoms with E-state index in [0.717, 1.165) is 5.56 Å². The van der Waals surface area contributed by atoms with Gasteiger partial charge in [0.05, 0.1) is 0 Å². The molecule has 1 atom stereocenters. The Morgan fingerprint density at radius 3 is 2.25 bits per heavy atom. The Kier molecular flexibility index (Phi) is 5.00. The van der Waals surface area contributed by atoms with Crippen LogP contribution in [0.3, 0.4) is 0 Å². The Bertz CT molecular complexity index is 783. The summed E-state index contributed by atoms with van der Waals surface area (Å²) in [6, 6.07) is 12.2. The fourth-order valence-electron chi connectivity index (χ4n) is 2.93. The first kappa shape index (κ1) is 17.1. The van der Waals surface area contributed by atoms with E-state index in [0.29, 0.717) is 30.4 Å². The second-order valence-electron chi connectivity index (χ2n) is 5.59. The van der Waals surface area contributed by atoms with Gasteiger partial charge in [0.2, 0.25) is 5.91 Å². The van der Waals surface area contributed by atoms with E-state index in [-0.39, 0.29) is 0 Å². The molecule has 0 spiro atoms. The number of rotatable bonds is 5. The molecule has 0 saturated carbocycles. The van der Waals surface area contributed by atoms with E-state index in [1.807, 2.05) is 35.2 Å². The van der Waals surface area contributed by atoms with Gasteiger partial charge in [-0.15, -0.1) is 11.3 Å². The molecule has 0 bridgehead atoms. The molecule has 6 nitrogen and oxygen atoms in total. The van der Waals surface area contributed by atoms with Crippen LogP contribution in [0.2, 0.25) is 0 Å². The Balaban J connectivity index is 1.73. The van der Waals surface area contributed by atoms with Gasteiger partial charge in [-0.3, -0.25) is 9.69 Å². The molecule has 0 aliphatic carbocycles. The maximum atomic E-state index is 12.6. The molecule has 2 N–H and O–H groups in total. The normalized spacial score (nSPS) is 18.3. The highest BCUT2D eigenvalue weighted by Crippen LogP contribution is 2.26. The predicted octanol–water partition coefficient (Wildman–Crippen LogP) is 1.28. The summed E-state index contributed by atoms with van der Waals surface area (Å²) in [4.78, 5) is 13.9. The van der Waals surface area contributed by atoms with E-state index in [9.17, 15) is 13.2 Å². The predicted molar refractivity (Wildman–Crippen MR) is 93.0 cm³/mol. The van der Waals surface area contributed by atoms with Crippen molar-refractivity contribution in [3.05, 3.63) is 53.4 Å². The van der Waals surface area contributed by atoms with Crippen LogP contribution in [0.4, 0.5) is 0 Å². The molecule has 2 aromatic rings. The van der Waals surface area contributed by atoms with E-state index in [4.69, 9.17) is 5.73 Å². The molecule has 3 rings (SSSR count). The molecule has 128 valence electrons. The zero-order valence-electron chi connectivity index (χ0n) is 13.0. The summed E-state index contributed by atoms with van der Waals surface area (Å²) in [5, 5.41) is 1.75. The summed E-state index contributed by atoms with van der Waals surface area (Å²) in [5.74, 6) is -0.421. The lowest BCUT2D eigenvalue weighted by molar-refractivity contribution is -0.124. The first-order valence-corrected chi connectivity index (χ1v) is 9.94. The molecule has 1 aliphatic rings. The zero-order valence-corrected chi connectivity index (χ0v) is 14.7. The van der Waals surface area contributed by atoms with Gasteiger partial charge in [-0.05, 0) is 17.0 Å². The third kappa shape index (κ3) is 3.36. The summed E-state index contributed by atoms with van der Waals surface area (Å²) >= 11 is 1.22. The summed E-state index contributed by atoms with van der Waals surface area (Å²) in [5.41, 5.74) is 6.42. The minimum absolute atomic E-state index is 0.344. The zero-order chi connectivity index (χ0) is 17.2. The fourth-order valence-corrected chi connectivity index (χ4v) is 5.50. The quantitative estimate of drug-likeness (QED) is 0.865. The van der Waals surface area contributed by atoms with Crippen molar-refractivity contribution < 1.29 is 13.2 Å². The van der Waals surface area contributed by atoms with Crippen LogP contribution in [0.1, 0.15) is 11.6 Å². The number of amides is 1. The summed E-state index contributed by atoms with van der Waals surface area (Å²) in [7, 11) is -3.44. The average Bonchev–Trinajstić information content (AvgIpc) is 3.11. The fraction of sp³-hybridized carbons (Fsp3) is 0.312. The molecule has 1 aliphatic heterocycles. The number of carbonyl (C=O) groups excluding carboxylic acids is 1. The topological polar surface area (TPSA) is 83.7 Å². The van der Waals surface area contributed by atoms with Gasteiger partial charge >= 0.3 is 0 Å². The number of hydrogen-bond donors (Lipinski definition) is 1. The van der Waals surface area contributed by atoms with Crippen molar-refractivity contribution in [1.29, 1.82) is 0 Å². The Labute approximate surface area is 145 Å². The van der Waals surface area contributed by atoms with Crippen LogP contribution in [0.5, 0.6) is 0 Å². The van der Waals surface area contributed by atoms with Gasteiger partial charge in [0.1, 0.15) is 10.3 Å². The molecule has 0 radical (unpaired) electrons.